The van der Waals surface area contributed by atoms with Crippen molar-refractivity contribution in [3.05, 3.63) is 76.1 Å². The highest BCUT2D eigenvalue weighted by Gasteiger charge is 2.16. The maximum Gasteiger partial charge on any atom is 0.279 e. The van der Waals surface area contributed by atoms with Crippen molar-refractivity contribution in [3.8, 4) is 10.7 Å². The van der Waals surface area contributed by atoms with Crippen LogP contribution in [-0.4, -0.2) is 21.4 Å². The van der Waals surface area contributed by atoms with E-state index in [1.165, 1.54) is 17.4 Å². The van der Waals surface area contributed by atoms with Gasteiger partial charge in [0, 0.05) is 17.1 Å². The van der Waals surface area contributed by atoms with Crippen molar-refractivity contribution in [1.29, 1.82) is 0 Å². The van der Waals surface area contributed by atoms with E-state index in [4.69, 9.17) is 16.6 Å². The average molecular weight is 425 g/mol. The Morgan fingerprint density at radius 2 is 1.83 bits per heavy atom. The van der Waals surface area contributed by atoms with E-state index in [9.17, 15) is 9.59 Å². The van der Waals surface area contributed by atoms with Crippen molar-refractivity contribution >= 4 is 45.8 Å². The number of hydrazine groups is 1. The van der Waals surface area contributed by atoms with Gasteiger partial charge in [0.05, 0.1) is 20.8 Å². The summed E-state index contributed by atoms with van der Waals surface area (Å²) < 4.78 is 2.11. The van der Waals surface area contributed by atoms with Crippen LogP contribution in [0, 0.1) is 0 Å². The fourth-order valence-electron chi connectivity index (χ4n) is 3.04. The molecule has 0 fully saturated rings. The lowest BCUT2D eigenvalue weighted by Gasteiger charge is -2.06. The lowest BCUT2D eigenvalue weighted by Crippen LogP contribution is -2.41. The number of imidazole rings is 1. The molecule has 8 heteroatoms. The lowest BCUT2D eigenvalue weighted by atomic mass is 10.2. The van der Waals surface area contributed by atoms with Crippen LogP contribution in [0.1, 0.15) is 27.0 Å². The second-order valence-electron chi connectivity index (χ2n) is 6.25. The van der Waals surface area contributed by atoms with Crippen molar-refractivity contribution in [1.82, 2.24) is 20.4 Å². The smallest absolute Gasteiger partial charge is 0.279 e. The number of halogens is 1. The van der Waals surface area contributed by atoms with Gasteiger partial charge >= 0.3 is 0 Å². The first kappa shape index (κ1) is 19.2. The number of carbonyl (C=O) groups is 2. The molecule has 0 radical (unpaired) electrons. The van der Waals surface area contributed by atoms with Gasteiger partial charge in [-0.1, -0.05) is 29.8 Å². The second kappa shape index (κ2) is 8.06. The van der Waals surface area contributed by atoms with Gasteiger partial charge < -0.3 is 4.57 Å². The van der Waals surface area contributed by atoms with Crippen LogP contribution in [0.25, 0.3) is 21.7 Å². The molecule has 2 aromatic heterocycles. The number of hydrogen-bond acceptors (Lipinski definition) is 4. The number of thiophene rings is 1. The molecule has 146 valence electrons. The Morgan fingerprint density at radius 3 is 2.62 bits per heavy atom. The first-order chi connectivity index (χ1) is 14.1. The quantitative estimate of drug-likeness (QED) is 0.473. The molecule has 4 aromatic rings. The number of aromatic nitrogens is 2. The van der Waals surface area contributed by atoms with Crippen LogP contribution < -0.4 is 10.9 Å². The van der Waals surface area contributed by atoms with Gasteiger partial charge in [0.15, 0.2) is 5.82 Å². The van der Waals surface area contributed by atoms with Crippen LogP contribution in [0.2, 0.25) is 5.02 Å². The predicted octanol–water partition coefficient (Wildman–Crippen LogP) is 4.51. The minimum absolute atomic E-state index is 0.362. The maximum absolute atomic E-state index is 12.4. The standard InChI is InChI=1S/C21H17ClN4O2S/c1-2-26-16-9-4-3-8-15(16)23-19(26)17-10-11-18(29-17)21(28)25-24-20(27)13-6-5-7-14(22)12-13/h3-12H,2H2,1H3,(H,24,27)(H,25,28). The topological polar surface area (TPSA) is 76.0 Å². The molecule has 0 saturated carbocycles. The number of rotatable bonds is 4. The highest BCUT2D eigenvalue weighted by Crippen LogP contribution is 2.30. The summed E-state index contributed by atoms with van der Waals surface area (Å²) in [5.41, 5.74) is 7.18. The van der Waals surface area contributed by atoms with E-state index in [1.807, 2.05) is 30.3 Å². The van der Waals surface area contributed by atoms with Gasteiger partial charge in [0.2, 0.25) is 0 Å². The minimum atomic E-state index is -0.439. The Morgan fingerprint density at radius 1 is 1.03 bits per heavy atom. The van der Waals surface area contributed by atoms with Gasteiger partial charge in [0.1, 0.15) is 0 Å². The SMILES string of the molecule is CCn1c(-c2ccc(C(=O)NNC(=O)c3cccc(Cl)c3)s2)nc2ccccc21. The number of amides is 2. The molecule has 0 aliphatic rings. The number of hydrogen-bond donors (Lipinski definition) is 2. The Labute approximate surface area is 176 Å². The Kier molecular flexibility index (Phi) is 5.33. The number of fused-ring (bicyclic) bond motifs is 1. The van der Waals surface area contributed by atoms with Gasteiger partial charge in [-0.05, 0) is 49.4 Å². The normalized spacial score (nSPS) is 10.8. The summed E-state index contributed by atoms with van der Waals surface area (Å²) >= 11 is 7.21. The molecule has 4 rings (SSSR count). The van der Waals surface area contributed by atoms with E-state index < -0.39 is 11.8 Å². The summed E-state index contributed by atoms with van der Waals surface area (Å²) in [4.78, 5) is 30.7. The zero-order chi connectivity index (χ0) is 20.4. The van der Waals surface area contributed by atoms with Crippen molar-refractivity contribution in [2.24, 2.45) is 0 Å². The third-order valence-electron chi connectivity index (χ3n) is 4.40. The van der Waals surface area contributed by atoms with Crippen molar-refractivity contribution < 1.29 is 9.59 Å². The van der Waals surface area contributed by atoms with Crippen LogP contribution in [0.3, 0.4) is 0 Å². The zero-order valence-electron chi connectivity index (χ0n) is 15.5. The van der Waals surface area contributed by atoms with E-state index >= 15 is 0 Å². The molecule has 6 nitrogen and oxygen atoms in total. The third-order valence-corrected chi connectivity index (χ3v) is 5.71. The molecule has 2 amide bonds. The number of nitrogens with one attached hydrogen (secondary N) is 2. The first-order valence-corrected chi connectivity index (χ1v) is 10.2. The summed E-state index contributed by atoms with van der Waals surface area (Å²) in [6.07, 6.45) is 0. The van der Waals surface area contributed by atoms with E-state index in [-0.39, 0.29) is 0 Å². The number of nitrogens with zero attached hydrogens (tertiary/aromatic N) is 2. The molecular weight excluding hydrogens is 408 g/mol. The number of para-hydroxylation sites is 2. The second-order valence-corrected chi connectivity index (χ2v) is 7.77. The Balaban J connectivity index is 1.50. The van der Waals surface area contributed by atoms with Crippen molar-refractivity contribution in [2.45, 2.75) is 13.5 Å². The summed E-state index contributed by atoms with van der Waals surface area (Å²) in [5, 5.41) is 0.450. The third kappa shape index (κ3) is 3.87. The molecule has 0 saturated heterocycles. The molecule has 0 aliphatic carbocycles. The molecular formula is C21H17ClN4O2S. The number of aryl methyl sites for hydroxylation is 1. The largest absolute Gasteiger partial charge is 0.324 e. The summed E-state index contributed by atoms with van der Waals surface area (Å²) in [6, 6.07) is 18.0. The van der Waals surface area contributed by atoms with Crippen molar-refractivity contribution in [2.75, 3.05) is 0 Å². The van der Waals surface area contributed by atoms with Gasteiger partial charge in [-0.15, -0.1) is 11.3 Å². The fourth-order valence-corrected chi connectivity index (χ4v) is 4.13. The van der Waals surface area contributed by atoms with Crippen LogP contribution in [-0.2, 0) is 6.54 Å². The molecule has 2 heterocycles. The summed E-state index contributed by atoms with van der Waals surface area (Å²) in [5.74, 6) is -0.0121. The van der Waals surface area contributed by atoms with E-state index in [1.54, 1.807) is 24.3 Å². The lowest BCUT2D eigenvalue weighted by molar-refractivity contribution is 0.0849. The Hall–Kier alpha value is -3.16. The monoisotopic (exact) mass is 424 g/mol. The first-order valence-electron chi connectivity index (χ1n) is 8.98. The van der Waals surface area contributed by atoms with Crippen LogP contribution >= 0.6 is 22.9 Å². The maximum atomic E-state index is 12.4. The molecule has 0 atom stereocenters. The fraction of sp³-hybridized carbons (Fsp3) is 0.0952. The molecule has 0 unspecified atom stereocenters. The highest BCUT2D eigenvalue weighted by molar-refractivity contribution is 7.17. The number of benzene rings is 2. The number of carbonyl (C=O) groups excluding carboxylic acids is 2. The van der Waals surface area contributed by atoms with Crippen molar-refractivity contribution in [3.63, 3.8) is 0 Å². The van der Waals surface area contributed by atoms with E-state index in [2.05, 4.69) is 22.3 Å². The average Bonchev–Trinajstić information content (AvgIpc) is 3.36. The predicted molar refractivity (Wildman–Crippen MR) is 115 cm³/mol. The Bertz CT molecular complexity index is 1210. The highest BCUT2D eigenvalue weighted by atomic mass is 35.5. The molecule has 0 bridgehead atoms. The van der Waals surface area contributed by atoms with Crippen LogP contribution in [0.4, 0.5) is 0 Å². The van der Waals surface area contributed by atoms with E-state index in [0.717, 1.165) is 28.3 Å². The van der Waals surface area contributed by atoms with Crippen LogP contribution in [0.15, 0.2) is 60.7 Å². The van der Waals surface area contributed by atoms with Gasteiger partial charge in [-0.2, -0.15) is 0 Å². The minimum Gasteiger partial charge on any atom is -0.324 e. The summed E-state index contributed by atoms with van der Waals surface area (Å²) in [7, 11) is 0. The van der Waals surface area contributed by atoms with Crippen LogP contribution in [0.5, 0.6) is 0 Å². The molecule has 2 N–H and O–H groups in total. The molecule has 29 heavy (non-hydrogen) atoms. The zero-order valence-corrected chi connectivity index (χ0v) is 17.1. The summed E-state index contributed by atoms with van der Waals surface area (Å²) in [6.45, 7) is 2.83. The van der Waals surface area contributed by atoms with E-state index in [0.29, 0.717) is 15.5 Å². The van der Waals surface area contributed by atoms with Gasteiger partial charge in [0.25, 0.3) is 11.8 Å². The molecule has 0 spiro atoms. The molecule has 0 aliphatic heterocycles. The van der Waals surface area contributed by atoms with Gasteiger partial charge in [-0.25, -0.2) is 4.98 Å². The van der Waals surface area contributed by atoms with Gasteiger partial charge in [-0.3, -0.25) is 20.4 Å². The molecule has 2 aromatic carbocycles.